The number of benzene rings is 3. The van der Waals surface area contributed by atoms with E-state index in [9.17, 15) is 14.4 Å². The van der Waals surface area contributed by atoms with Gasteiger partial charge in [-0.2, -0.15) is 0 Å². The summed E-state index contributed by atoms with van der Waals surface area (Å²) in [6.45, 7) is 2.01. The molecule has 3 amide bonds. The van der Waals surface area contributed by atoms with Crippen LogP contribution >= 0.6 is 0 Å². The summed E-state index contributed by atoms with van der Waals surface area (Å²) in [5, 5.41) is 2.93. The molecule has 0 aromatic heterocycles. The highest BCUT2D eigenvalue weighted by Gasteiger charge is 2.35. The van der Waals surface area contributed by atoms with Crippen molar-refractivity contribution in [1.82, 2.24) is 15.1 Å². The van der Waals surface area contributed by atoms with E-state index in [-0.39, 0.29) is 24.3 Å². The van der Waals surface area contributed by atoms with Gasteiger partial charge in [0, 0.05) is 19.6 Å². The van der Waals surface area contributed by atoms with E-state index in [0.29, 0.717) is 41.1 Å². The molecule has 4 rings (SSSR count). The fraction of sp³-hybridized carbons (Fsp3) is 0.222. The Morgan fingerprint density at radius 2 is 1.56 bits per heavy atom. The normalized spacial score (nSPS) is 12.7. The number of carbonyl (C=O) groups is 3. The number of ether oxygens (including phenoxy) is 1. The highest BCUT2D eigenvalue weighted by Crippen LogP contribution is 2.26. The highest BCUT2D eigenvalue weighted by molar-refractivity contribution is 6.21. The van der Waals surface area contributed by atoms with Crippen molar-refractivity contribution < 1.29 is 19.1 Å². The zero-order valence-electron chi connectivity index (χ0n) is 19.3. The monoisotopic (exact) mass is 457 g/mol. The van der Waals surface area contributed by atoms with E-state index in [4.69, 9.17) is 4.74 Å². The Balaban J connectivity index is 1.40. The molecular weight excluding hydrogens is 430 g/mol. The van der Waals surface area contributed by atoms with Crippen molar-refractivity contribution in [2.45, 2.75) is 13.1 Å². The van der Waals surface area contributed by atoms with Crippen molar-refractivity contribution in [2.75, 3.05) is 27.2 Å². The maximum Gasteiger partial charge on any atom is 0.261 e. The standard InChI is InChI=1S/C27H27N3O4/c1-29(17-19-8-4-3-5-9-19)15-14-28-25(31)23-16-20(12-13-24(23)34-2)18-30-26(32)21-10-6-7-11-22(21)27(30)33/h3-13,16H,14-15,17-18H2,1-2H3,(H,28,31). The molecular formula is C27H27N3O4. The fourth-order valence-corrected chi connectivity index (χ4v) is 4.03. The van der Waals surface area contributed by atoms with E-state index >= 15 is 0 Å². The first-order valence-corrected chi connectivity index (χ1v) is 11.1. The summed E-state index contributed by atoms with van der Waals surface area (Å²) in [5.74, 6) is -0.497. The van der Waals surface area contributed by atoms with Gasteiger partial charge in [-0.05, 0) is 42.4 Å². The second-order valence-electron chi connectivity index (χ2n) is 8.26. The van der Waals surface area contributed by atoms with Gasteiger partial charge in [0.25, 0.3) is 17.7 Å². The van der Waals surface area contributed by atoms with Crippen LogP contribution in [-0.4, -0.2) is 54.8 Å². The van der Waals surface area contributed by atoms with Crippen LogP contribution in [-0.2, 0) is 13.1 Å². The number of likely N-dealkylation sites (N-methyl/N-ethyl adjacent to an activating group) is 1. The molecule has 3 aromatic rings. The van der Waals surface area contributed by atoms with Crippen LogP contribution in [0.4, 0.5) is 0 Å². The summed E-state index contributed by atoms with van der Waals surface area (Å²) in [7, 11) is 3.51. The number of methoxy groups -OCH3 is 1. The molecule has 0 unspecified atom stereocenters. The second-order valence-corrected chi connectivity index (χ2v) is 8.26. The van der Waals surface area contributed by atoms with Gasteiger partial charge in [0.1, 0.15) is 5.75 Å². The van der Waals surface area contributed by atoms with Gasteiger partial charge in [-0.3, -0.25) is 19.3 Å². The average molecular weight is 458 g/mol. The van der Waals surface area contributed by atoms with Crippen molar-refractivity contribution in [1.29, 1.82) is 0 Å². The lowest BCUT2D eigenvalue weighted by Crippen LogP contribution is -2.33. The Hall–Kier alpha value is -3.97. The quantitative estimate of drug-likeness (QED) is 0.499. The summed E-state index contributed by atoms with van der Waals surface area (Å²) < 4.78 is 5.37. The predicted octanol–water partition coefficient (Wildman–Crippen LogP) is 3.35. The Morgan fingerprint density at radius 3 is 2.21 bits per heavy atom. The van der Waals surface area contributed by atoms with E-state index in [1.165, 1.54) is 17.6 Å². The van der Waals surface area contributed by atoms with Gasteiger partial charge in [0.05, 0.1) is 30.3 Å². The van der Waals surface area contributed by atoms with Crippen LogP contribution in [0.5, 0.6) is 5.75 Å². The van der Waals surface area contributed by atoms with Crippen LogP contribution in [0.25, 0.3) is 0 Å². The summed E-state index contributed by atoms with van der Waals surface area (Å²) >= 11 is 0. The number of imide groups is 1. The van der Waals surface area contributed by atoms with Crippen molar-refractivity contribution in [3.63, 3.8) is 0 Å². The van der Waals surface area contributed by atoms with E-state index < -0.39 is 0 Å². The summed E-state index contributed by atoms with van der Waals surface area (Å²) in [6.07, 6.45) is 0. The van der Waals surface area contributed by atoms with Crippen LogP contribution in [0, 0.1) is 0 Å². The molecule has 1 aliphatic rings. The first-order valence-electron chi connectivity index (χ1n) is 11.1. The smallest absolute Gasteiger partial charge is 0.261 e. The molecule has 174 valence electrons. The minimum absolute atomic E-state index is 0.0798. The van der Waals surface area contributed by atoms with Crippen molar-refractivity contribution >= 4 is 17.7 Å². The van der Waals surface area contributed by atoms with E-state index in [1.807, 2.05) is 25.2 Å². The van der Waals surface area contributed by atoms with Crippen LogP contribution in [0.1, 0.15) is 42.2 Å². The maximum absolute atomic E-state index is 12.9. The largest absolute Gasteiger partial charge is 0.496 e. The number of nitrogens with zero attached hydrogens (tertiary/aromatic N) is 2. The lowest BCUT2D eigenvalue weighted by Gasteiger charge is -2.18. The molecule has 1 aliphatic heterocycles. The van der Waals surface area contributed by atoms with E-state index in [0.717, 1.165) is 6.54 Å². The Morgan fingerprint density at radius 1 is 0.912 bits per heavy atom. The highest BCUT2D eigenvalue weighted by atomic mass is 16.5. The predicted molar refractivity (Wildman–Crippen MR) is 129 cm³/mol. The first kappa shape index (κ1) is 23.2. The molecule has 7 heteroatoms. The SMILES string of the molecule is COc1ccc(CN2C(=O)c3ccccc3C2=O)cc1C(=O)NCCN(C)Cc1ccccc1. The number of amides is 3. The van der Waals surface area contributed by atoms with Gasteiger partial charge in [-0.25, -0.2) is 0 Å². The van der Waals surface area contributed by atoms with Gasteiger partial charge in [0.2, 0.25) is 0 Å². The molecule has 3 aromatic carbocycles. The molecule has 0 spiro atoms. The lowest BCUT2D eigenvalue weighted by molar-refractivity contribution is 0.0642. The zero-order chi connectivity index (χ0) is 24.1. The minimum Gasteiger partial charge on any atom is -0.496 e. The van der Waals surface area contributed by atoms with Gasteiger partial charge in [-0.15, -0.1) is 0 Å². The van der Waals surface area contributed by atoms with Gasteiger partial charge >= 0.3 is 0 Å². The number of nitrogens with one attached hydrogen (secondary N) is 1. The summed E-state index contributed by atoms with van der Waals surface area (Å²) in [6, 6.07) is 22.0. The number of fused-ring (bicyclic) bond motifs is 1. The topological polar surface area (TPSA) is 78.9 Å². The third-order valence-electron chi connectivity index (χ3n) is 5.80. The molecule has 0 saturated heterocycles. The average Bonchev–Trinajstić information content (AvgIpc) is 3.09. The Bertz CT molecular complexity index is 1170. The van der Waals surface area contributed by atoms with Gasteiger partial charge in [0.15, 0.2) is 0 Å². The van der Waals surface area contributed by atoms with Gasteiger partial charge in [-0.1, -0.05) is 48.5 Å². The van der Waals surface area contributed by atoms with Crippen LogP contribution < -0.4 is 10.1 Å². The molecule has 0 radical (unpaired) electrons. The molecule has 0 bridgehead atoms. The fourth-order valence-electron chi connectivity index (χ4n) is 4.03. The van der Waals surface area contributed by atoms with E-state index in [2.05, 4.69) is 22.3 Å². The van der Waals surface area contributed by atoms with Crippen molar-refractivity contribution in [3.8, 4) is 5.75 Å². The number of hydrogen-bond donors (Lipinski definition) is 1. The lowest BCUT2D eigenvalue weighted by atomic mass is 10.1. The van der Waals surface area contributed by atoms with E-state index in [1.54, 1.807) is 42.5 Å². The summed E-state index contributed by atoms with van der Waals surface area (Å²) in [4.78, 5) is 41.6. The minimum atomic E-state index is -0.330. The van der Waals surface area contributed by atoms with Crippen molar-refractivity contribution in [3.05, 3.63) is 101 Å². The second kappa shape index (κ2) is 10.3. The number of rotatable bonds is 9. The Kier molecular flexibility index (Phi) is 7.04. The molecule has 0 aliphatic carbocycles. The maximum atomic E-state index is 12.9. The third-order valence-corrected chi connectivity index (χ3v) is 5.80. The molecule has 0 fully saturated rings. The van der Waals surface area contributed by atoms with Gasteiger partial charge < -0.3 is 15.0 Å². The third kappa shape index (κ3) is 5.00. The van der Waals surface area contributed by atoms with Crippen LogP contribution in [0.3, 0.4) is 0 Å². The van der Waals surface area contributed by atoms with Crippen molar-refractivity contribution in [2.24, 2.45) is 0 Å². The molecule has 0 saturated carbocycles. The molecule has 0 atom stereocenters. The molecule has 7 nitrogen and oxygen atoms in total. The molecule has 1 N–H and O–H groups in total. The zero-order valence-corrected chi connectivity index (χ0v) is 19.3. The van der Waals surface area contributed by atoms with Crippen LogP contribution in [0.2, 0.25) is 0 Å². The first-order chi connectivity index (χ1) is 16.5. The van der Waals surface area contributed by atoms with Crippen LogP contribution in [0.15, 0.2) is 72.8 Å². The number of carbonyl (C=O) groups excluding carboxylic acids is 3. The Labute approximate surface area is 198 Å². The molecule has 1 heterocycles. The summed E-state index contributed by atoms with van der Waals surface area (Å²) in [5.41, 5.74) is 3.04. The molecule has 34 heavy (non-hydrogen) atoms. The number of hydrogen-bond acceptors (Lipinski definition) is 5.